The fourth-order valence-electron chi connectivity index (χ4n) is 2.40. The molecule has 0 saturated heterocycles. The van der Waals surface area contributed by atoms with Crippen molar-refractivity contribution in [1.82, 2.24) is 4.98 Å². The molecule has 2 aromatic heterocycles. The number of ether oxygens (including phenoxy) is 2. The van der Waals surface area contributed by atoms with Crippen LogP contribution in [0.4, 0.5) is 0 Å². The molecule has 1 N–H and O–H groups in total. The molecule has 0 bridgehead atoms. The molecular weight excluding hydrogens is 356 g/mol. The Labute approximate surface area is 151 Å². The van der Waals surface area contributed by atoms with Crippen molar-refractivity contribution in [1.29, 1.82) is 0 Å². The minimum atomic E-state index is -0.651. The highest BCUT2D eigenvalue weighted by Gasteiger charge is 2.24. The van der Waals surface area contributed by atoms with E-state index >= 15 is 0 Å². The molecule has 0 aliphatic heterocycles. The number of benzene rings is 1. The molecule has 7 nitrogen and oxygen atoms in total. The van der Waals surface area contributed by atoms with E-state index in [0.29, 0.717) is 0 Å². The molecule has 0 radical (unpaired) electrons. The number of esters is 2. The first kappa shape index (κ1) is 17.6. The molecule has 3 rings (SSSR count). The van der Waals surface area contributed by atoms with Crippen LogP contribution in [0.2, 0.25) is 0 Å². The molecule has 8 heteroatoms. The van der Waals surface area contributed by atoms with Gasteiger partial charge in [0.1, 0.15) is 4.53 Å². The fraction of sp³-hybridized carbons (Fsp3) is 0.111. The van der Waals surface area contributed by atoms with Gasteiger partial charge < -0.3 is 14.5 Å². The summed E-state index contributed by atoms with van der Waals surface area (Å²) in [6, 6.07) is 9.53. The predicted octanol–water partition coefficient (Wildman–Crippen LogP) is -0.340. The van der Waals surface area contributed by atoms with E-state index in [1.165, 1.54) is 14.2 Å². The summed E-state index contributed by atoms with van der Waals surface area (Å²) in [6.07, 6.45) is 4.55. The van der Waals surface area contributed by atoms with Crippen LogP contribution >= 0.6 is 11.3 Å². The highest BCUT2D eigenvalue weighted by Crippen LogP contribution is 2.10. The molecule has 1 aromatic carbocycles. The van der Waals surface area contributed by atoms with Gasteiger partial charge in [-0.2, -0.15) is 4.57 Å². The first-order valence-corrected chi connectivity index (χ1v) is 8.37. The lowest BCUT2D eigenvalue weighted by Gasteiger charge is -2.00. The van der Waals surface area contributed by atoms with E-state index in [4.69, 9.17) is 4.74 Å². The second-order valence-corrected chi connectivity index (χ2v) is 6.29. The van der Waals surface area contributed by atoms with Gasteiger partial charge in [-0.3, -0.25) is 4.79 Å². The number of aromatic amines is 1. The standard InChI is InChI=1S/C18H14N2O5S/c1-24-14(21)9-13-16(22)19-17(26-13)15(18(23)25-2)20-8-7-11-5-3-4-6-12(11)10-20/h3-10H,1-2H3/p+1/b13-9-. The van der Waals surface area contributed by atoms with Gasteiger partial charge in [0.25, 0.3) is 5.56 Å². The van der Waals surface area contributed by atoms with Crippen LogP contribution in [0, 0.1) is 0 Å². The lowest BCUT2D eigenvalue weighted by molar-refractivity contribution is -0.577. The summed E-state index contributed by atoms with van der Waals surface area (Å²) in [5.74, 6) is -1.27. The molecule has 0 fully saturated rings. The van der Waals surface area contributed by atoms with E-state index in [1.807, 2.05) is 30.3 Å². The highest BCUT2D eigenvalue weighted by atomic mass is 32.1. The molecular formula is C18H15N2O5S+. The summed E-state index contributed by atoms with van der Waals surface area (Å²) in [7, 11) is 2.48. The van der Waals surface area contributed by atoms with Crippen molar-refractivity contribution in [2.24, 2.45) is 0 Å². The lowest BCUT2D eigenvalue weighted by Crippen LogP contribution is -2.41. The number of carbonyl (C=O) groups is 2. The van der Waals surface area contributed by atoms with Crippen LogP contribution in [0.15, 0.2) is 47.5 Å². The number of nitrogens with zero attached hydrogens (tertiary/aromatic N) is 1. The average Bonchev–Trinajstić information content (AvgIpc) is 3.01. The second-order valence-electron chi connectivity index (χ2n) is 5.24. The van der Waals surface area contributed by atoms with Gasteiger partial charge in [-0.1, -0.05) is 18.2 Å². The minimum Gasteiger partial charge on any atom is -0.466 e. The summed E-state index contributed by atoms with van der Waals surface area (Å²) >= 11 is 0.972. The van der Waals surface area contributed by atoms with Crippen LogP contribution < -0.4 is 19.3 Å². The Hall–Kier alpha value is -3.26. The number of carbonyl (C=O) groups excluding carboxylic acids is 2. The smallest absolute Gasteiger partial charge is 0.407 e. The molecule has 0 saturated carbocycles. The van der Waals surface area contributed by atoms with Crippen molar-refractivity contribution < 1.29 is 23.6 Å². The number of aromatic nitrogens is 2. The van der Waals surface area contributed by atoms with Crippen molar-refractivity contribution in [3.8, 4) is 0 Å². The Balaban J connectivity index is 2.30. The molecule has 3 aromatic rings. The third-order valence-electron chi connectivity index (χ3n) is 3.65. The summed E-state index contributed by atoms with van der Waals surface area (Å²) in [4.78, 5) is 38.4. The van der Waals surface area contributed by atoms with Crippen LogP contribution in [-0.2, 0) is 19.1 Å². The number of rotatable bonds is 3. The summed E-state index contributed by atoms with van der Waals surface area (Å²) < 4.78 is 11.4. The van der Waals surface area contributed by atoms with Crippen molar-refractivity contribution >= 4 is 45.8 Å². The van der Waals surface area contributed by atoms with Gasteiger partial charge in [-0.05, 0) is 11.5 Å². The van der Waals surface area contributed by atoms with Crippen LogP contribution in [0.1, 0.15) is 0 Å². The van der Waals surface area contributed by atoms with Gasteiger partial charge in [0, 0.05) is 17.5 Å². The van der Waals surface area contributed by atoms with Crippen LogP contribution in [0.3, 0.4) is 0 Å². The Kier molecular flexibility index (Phi) is 4.94. The zero-order chi connectivity index (χ0) is 18.7. The number of pyridine rings is 1. The summed E-state index contributed by atoms with van der Waals surface area (Å²) in [5, 5.41) is 1.92. The predicted molar refractivity (Wildman–Crippen MR) is 95.6 cm³/mol. The minimum absolute atomic E-state index is 0.134. The molecule has 0 amide bonds. The van der Waals surface area contributed by atoms with Gasteiger partial charge in [0.2, 0.25) is 0 Å². The maximum Gasteiger partial charge on any atom is 0.407 e. The third kappa shape index (κ3) is 3.40. The van der Waals surface area contributed by atoms with E-state index in [1.54, 1.807) is 17.0 Å². The normalized spacial score (nSPS) is 12.8. The molecule has 0 atom stereocenters. The molecule has 0 spiro atoms. The zero-order valence-corrected chi connectivity index (χ0v) is 14.8. The lowest BCUT2D eigenvalue weighted by atomic mass is 10.2. The van der Waals surface area contributed by atoms with Crippen LogP contribution in [0.25, 0.3) is 22.5 Å². The Morgan fingerprint density at radius 1 is 1.12 bits per heavy atom. The number of nitrogens with one attached hydrogen (secondary N) is 1. The largest absolute Gasteiger partial charge is 0.466 e. The van der Waals surface area contributed by atoms with Crippen LogP contribution in [-0.4, -0.2) is 31.1 Å². The molecule has 2 heterocycles. The van der Waals surface area contributed by atoms with E-state index < -0.39 is 17.5 Å². The van der Waals surface area contributed by atoms with Gasteiger partial charge in [-0.25, -0.2) is 9.59 Å². The van der Waals surface area contributed by atoms with Gasteiger partial charge in [-0.15, -0.1) is 11.3 Å². The summed E-state index contributed by atoms with van der Waals surface area (Å²) in [5.41, 5.74) is -0.344. The first-order valence-electron chi connectivity index (χ1n) is 7.55. The van der Waals surface area contributed by atoms with E-state index in [9.17, 15) is 14.4 Å². The molecule has 26 heavy (non-hydrogen) atoms. The third-order valence-corrected chi connectivity index (χ3v) is 4.68. The van der Waals surface area contributed by atoms with E-state index in [-0.39, 0.29) is 14.9 Å². The Morgan fingerprint density at radius 3 is 2.54 bits per heavy atom. The van der Waals surface area contributed by atoms with Gasteiger partial charge in [0.15, 0.2) is 17.1 Å². The van der Waals surface area contributed by atoms with Crippen molar-refractivity contribution in [2.75, 3.05) is 14.2 Å². The highest BCUT2D eigenvalue weighted by molar-refractivity contribution is 7.07. The first-order chi connectivity index (χ1) is 12.5. The van der Waals surface area contributed by atoms with Crippen molar-refractivity contribution in [3.05, 3.63) is 62.3 Å². The maximum absolute atomic E-state index is 12.4. The average molecular weight is 371 g/mol. The van der Waals surface area contributed by atoms with Gasteiger partial charge >= 0.3 is 17.6 Å². The quantitative estimate of drug-likeness (QED) is 0.503. The SMILES string of the molecule is COC(=O)/C=c1\sc(=C(C(=O)OC)[n+]2ccc3ccccc3c2)[nH]c1=O. The second kappa shape index (κ2) is 7.32. The molecule has 0 aliphatic carbocycles. The Bertz CT molecular complexity index is 1180. The molecule has 132 valence electrons. The zero-order valence-electron chi connectivity index (χ0n) is 14.0. The monoisotopic (exact) mass is 371 g/mol. The van der Waals surface area contributed by atoms with Gasteiger partial charge in [0.05, 0.1) is 14.2 Å². The van der Waals surface area contributed by atoms with Crippen molar-refractivity contribution in [3.63, 3.8) is 0 Å². The molecule has 0 unspecified atom stereocenters. The van der Waals surface area contributed by atoms with E-state index in [0.717, 1.165) is 28.2 Å². The topological polar surface area (TPSA) is 89.3 Å². The van der Waals surface area contributed by atoms with Crippen LogP contribution in [0.5, 0.6) is 0 Å². The number of H-pyrrole nitrogens is 1. The number of methoxy groups -OCH3 is 2. The number of fused-ring (bicyclic) bond motifs is 1. The fourth-order valence-corrected chi connectivity index (χ4v) is 3.35. The van der Waals surface area contributed by atoms with Crippen molar-refractivity contribution in [2.45, 2.75) is 0 Å². The summed E-state index contributed by atoms with van der Waals surface area (Å²) in [6.45, 7) is 0. The number of hydrogen-bond donors (Lipinski definition) is 1. The number of thiazole rings is 1. The number of hydrogen-bond acceptors (Lipinski definition) is 6. The van der Waals surface area contributed by atoms with E-state index in [2.05, 4.69) is 9.72 Å². The maximum atomic E-state index is 12.4. The Morgan fingerprint density at radius 2 is 1.85 bits per heavy atom. The molecule has 0 aliphatic rings.